The highest BCUT2D eigenvalue weighted by Gasteiger charge is 2.32. The topological polar surface area (TPSA) is 52.7 Å². The molecule has 2 aliphatic heterocycles. The maximum atomic E-state index is 12.5. The molecule has 0 aromatic heterocycles. The van der Waals surface area contributed by atoms with Crippen molar-refractivity contribution in [3.63, 3.8) is 0 Å². The molecule has 0 radical (unpaired) electrons. The Morgan fingerprint density at radius 2 is 2.04 bits per heavy atom. The van der Waals surface area contributed by atoms with E-state index in [0.29, 0.717) is 25.4 Å². The molecule has 2 saturated heterocycles. The molecule has 1 aromatic rings. The van der Waals surface area contributed by atoms with E-state index in [-0.39, 0.29) is 18.0 Å². The summed E-state index contributed by atoms with van der Waals surface area (Å²) in [6.07, 6.45) is 4.54. The van der Waals surface area contributed by atoms with Crippen LogP contribution in [0.2, 0.25) is 0 Å². The van der Waals surface area contributed by atoms with Gasteiger partial charge >= 0.3 is 6.03 Å². The number of amides is 3. The van der Waals surface area contributed by atoms with E-state index in [1.165, 1.54) is 5.56 Å². The lowest BCUT2D eigenvalue weighted by Crippen LogP contribution is -2.52. The fourth-order valence-electron chi connectivity index (χ4n) is 3.90. The van der Waals surface area contributed by atoms with Gasteiger partial charge in [0.2, 0.25) is 5.91 Å². The number of hydrogen-bond acceptors (Lipinski definition) is 2. The first kappa shape index (κ1) is 17.8. The standard InChI is InChI=1S/C20H29N3O2/c1-16(17-7-3-2-4-8-17)11-12-21-20(25)22-13-5-9-18(15-22)23-14-6-10-19(23)24/h2-4,7-8,16,18H,5-6,9-15H2,1H3,(H,21,25)/t16-,18+/m1/s1. The van der Waals surface area contributed by atoms with Crippen molar-refractivity contribution >= 4 is 11.9 Å². The first-order valence-corrected chi connectivity index (χ1v) is 9.52. The van der Waals surface area contributed by atoms with Gasteiger partial charge in [0.25, 0.3) is 0 Å². The van der Waals surface area contributed by atoms with Gasteiger partial charge in [0, 0.05) is 38.6 Å². The number of benzene rings is 1. The van der Waals surface area contributed by atoms with Crippen LogP contribution in [0.1, 0.15) is 50.5 Å². The Balaban J connectivity index is 1.44. The molecule has 136 valence electrons. The molecule has 3 rings (SSSR count). The number of piperidine rings is 1. The Labute approximate surface area is 150 Å². The van der Waals surface area contributed by atoms with Crippen molar-refractivity contribution in [2.24, 2.45) is 0 Å². The van der Waals surface area contributed by atoms with Crippen molar-refractivity contribution in [2.45, 2.75) is 51.0 Å². The molecule has 0 spiro atoms. The maximum Gasteiger partial charge on any atom is 0.317 e. The lowest BCUT2D eigenvalue weighted by atomic mass is 9.98. The van der Waals surface area contributed by atoms with Gasteiger partial charge in [0.1, 0.15) is 0 Å². The second-order valence-electron chi connectivity index (χ2n) is 7.27. The van der Waals surface area contributed by atoms with Gasteiger partial charge in [-0.1, -0.05) is 37.3 Å². The summed E-state index contributed by atoms with van der Waals surface area (Å²) in [5.41, 5.74) is 1.31. The minimum absolute atomic E-state index is 0.0107. The summed E-state index contributed by atoms with van der Waals surface area (Å²) >= 11 is 0. The number of nitrogens with zero attached hydrogens (tertiary/aromatic N) is 2. The molecule has 2 heterocycles. The number of carbonyl (C=O) groups excluding carboxylic acids is 2. The highest BCUT2D eigenvalue weighted by molar-refractivity contribution is 5.79. The summed E-state index contributed by atoms with van der Waals surface area (Å²) in [6, 6.07) is 10.6. The van der Waals surface area contributed by atoms with Gasteiger partial charge in [0.15, 0.2) is 0 Å². The van der Waals surface area contributed by atoms with Crippen molar-refractivity contribution in [3.8, 4) is 0 Å². The molecule has 0 aliphatic carbocycles. The van der Waals surface area contributed by atoms with E-state index in [1.807, 2.05) is 15.9 Å². The summed E-state index contributed by atoms with van der Waals surface area (Å²) in [7, 11) is 0. The molecular formula is C20H29N3O2. The molecule has 1 aromatic carbocycles. The van der Waals surface area contributed by atoms with Crippen LogP contribution in [0.5, 0.6) is 0 Å². The largest absolute Gasteiger partial charge is 0.338 e. The van der Waals surface area contributed by atoms with Gasteiger partial charge in [-0.2, -0.15) is 0 Å². The first-order chi connectivity index (χ1) is 12.1. The number of hydrogen-bond donors (Lipinski definition) is 1. The maximum absolute atomic E-state index is 12.5. The average Bonchev–Trinajstić information content (AvgIpc) is 3.08. The Morgan fingerprint density at radius 3 is 2.76 bits per heavy atom. The van der Waals surface area contributed by atoms with Gasteiger partial charge in [-0.25, -0.2) is 4.79 Å². The number of carbonyl (C=O) groups is 2. The van der Waals surface area contributed by atoms with E-state index in [0.717, 1.165) is 38.8 Å². The molecule has 2 aliphatic rings. The average molecular weight is 343 g/mol. The molecule has 5 heteroatoms. The van der Waals surface area contributed by atoms with E-state index in [4.69, 9.17) is 0 Å². The smallest absolute Gasteiger partial charge is 0.317 e. The van der Waals surface area contributed by atoms with Crippen LogP contribution in [0.3, 0.4) is 0 Å². The van der Waals surface area contributed by atoms with E-state index in [1.54, 1.807) is 0 Å². The third-order valence-electron chi connectivity index (χ3n) is 5.46. The first-order valence-electron chi connectivity index (χ1n) is 9.52. The molecule has 5 nitrogen and oxygen atoms in total. The zero-order valence-electron chi connectivity index (χ0n) is 15.1. The molecule has 0 saturated carbocycles. The van der Waals surface area contributed by atoms with E-state index < -0.39 is 0 Å². The molecule has 0 bridgehead atoms. The Hall–Kier alpha value is -2.04. The second-order valence-corrected chi connectivity index (χ2v) is 7.27. The monoisotopic (exact) mass is 343 g/mol. The van der Waals surface area contributed by atoms with Crippen LogP contribution in [0.4, 0.5) is 4.79 Å². The van der Waals surface area contributed by atoms with Crippen molar-refractivity contribution in [1.82, 2.24) is 15.1 Å². The summed E-state index contributed by atoms with van der Waals surface area (Å²) in [5, 5.41) is 3.06. The predicted octanol–water partition coefficient (Wildman–Crippen LogP) is 2.98. The fourth-order valence-corrected chi connectivity index (χ4v) is 3.90. The number of nitrogens with one attached hydrogen (secondary N) is 1. The number of urea groups is 1. The van der Waals surface area contributed by atoms with Crippen LogP contribution in [-0.2, 0) is 4.79 Å². The molecular weight excluding hydrogens is 314 g/mol. The lowest BCUT2D eigenvalue weighted by molar-refractivity contribution is -0.130. The van der Waals surface area contributed by atoms with Crippen molar-refractivity contribution < 1.29 is 9.59 Å². The van der Waals surface area contributed by atoms with E-state index in [9.17, 15) is 9.59 Å². The predicted molar refractivity (Wildman–Crippen MR) is 98.4 cm³/mol. The normalized spacial score (nSPS) is 22.1. The summed E-state index contributed by atoms with van der Waals surface area (Å²) < 4.78 is 0. The van der Waals surface area contributed by atoms with Crippen LogP contribution in [0.15, 0.2) is 30.3 Å². The molecule has 25 heavy (non-hydrogen) atoms. The van der Waals surface area contributed by atoms with Gasteiger partial charge in [-0.15, -0.1) is 0 Å². The van der Waals surface area contributed by atoms with Crippen LogP contribution in [0, 0.1) is 0 Å². The van der Waals surface area contributed by atoms with Gasteiger partial charge < -0.3 is 15.1 Å². The zero-order valence-corrected chi connectivity index (χ0v) is 15.1. The molecule has 1 N–H and O–H groups in total. The molecule has 3 amide bonds. The van der Waals surface area contributed by atoms with E-state index >= 15 is 0 Å². The number of likely N-dealkylation sites (tertiary alicyclic amines) is 2. The highest BCUT2D eigenvalue weighted by Crippen LogP contribution is 2.22. The fraction of sp³-hybridized carbons (Fsp3) is 0.600. The second kappa shape index (κ2) is 8.37. The van der Waals surface area contributed by atoms with Gasteiger partial charge in [0.05, 0.1) is 0 Å². The highest BCUT2D eigenvalue weighted by atomic mass is 16.2. The quantitative estimate of drug-likeness (QED) is 0.893. The van der Waals surface area contributed by atoms with Gasteiger partial charge in [-0.3, -0.25) is 4.79 Å². The van der Waals surface area contributed by atoms with Crippen LogP contribution >= 0.6 is 0 Å². The third kappa shape index (κ3) is 4.53. The van der Waals surface area contributed by atoms with Crippen LogP contribution < -0.4 is 5.32 Å². The van der Waals surface area contributed by atoms with Gasteiger partial charge in [-0.05, 0) is 37.2 Å². The zero-order chi connectivity index (χ0) is 17.6. The minimum Gasteiger partial charge on any atom is -0.338 e. The summed E-state index contributed by atoms with van der Waals surface area (Å²) in [6.45, 7) is 5.19. The summed E-state index contributed by atoms with van der Waals surface area (Å²) in [4.78, 5) is 28.3. The molecule has 2 fully saturated rings. The van der Waals surface area contributed by atoms with Crippen LogP contribution in [-0.4, -0.2) is 54.0 Å². The molecule has 2 atom stereocenters. The van der Waals surface area contributed by atoms with Crippen molar-refractivity contribution in [3.05, 3.63) is 35.9 Å². The van der Waals surface area contributed by atoms with Crippen molar-refractivity contribution in [1.29, 1.82) is 0 Å². The summed E-state index contributed by atoms with van der Waals surface area (Å²) in [5.74, 6) is 0.682. The molecule has 0 unspecified atom stereocenters. The Kier molecular flexibility index (Phi) is 5.95. The minimum atomic E-state index is 0.0107. The SMILES string of the molecule is C[C@H](CCNC(=O)N1CCC[C@H](N2CCCC2=O)C1)c1ccccc1. The van der Waals surface area contributed by atoms with E-state index in [2.05, 4.69) is 36.5 Å². The Morgan fingerprint density at radius 1 is 1.24 bits per heavy atom. The third-order valence-corrected chi connectivity index (χ3v) is 5.46. The van der Waals surface area contributed by atoms with Crippen LogP contribution in [0.25, 0.3) is 0 Å². The number of rotatable bonds is 5. The lowest BCUT2D eigenvalue weighted by Gasteiger charge is -2.37. The Bertz CT molecular complexity index is 590. The van der Waals surface area contributed by atoms with Crippen molar-refractivity contribution in [2.75, 3.05) is 26.2 Å².